The maximum atomic E-state index is 12.5. The Balaban J connectivity index is 1.73. The standard InChI is InChI=1S/C21H22N2O4/c1-3-4-9-20(24)22-15-10-11-16(18(13-15)26-2)23-21(25)19-12-14-7-5-6-8-17(14)27-19/h5-8,10-13H,3-4,9H2,1-2H3,(H,22,24)(H,23,25). The number of furan rings is 1. The van der Waals surface area contributed by atoms with Gasteiger partial charge in [0.05, 0.1) is 12.8 Å². The van der Waals surface area contributed by atoms with Gasteiger partial charge in [0.1, 0.15) is 11.3 Å². The van der Waals surface area contributed by atoms with Gasteiger partial charge in [0.25, 0.3) is 5.91 Å². The number of hydrogen-bond donors (Lipinski definition) is 2. The van der Waals surface area contributed by atoms with Crippen LogP contribution < -0.4 is 15.4 Å². The lowest BCUT2D eigenvalue weighted by atomic mass is 10.2. The van der Waals surface area contributed by atoms with E-state index in [1.165, 1.54) is 7.11 Å². The molecule has 0 saturated heterocycles. The number of carbonyl (C=O) groups is 2. The number of unbranched alkanes of at least 4 members (excludes halogenated alkanes) is 1. The highest BCUT2D eigenvalue weighted by Crippen LogP contribution is 2.29. The fourth-order valence-corrected chi connectivity index (χ4v) is 2.71. The summed E-state index contributed by atoms with van der Waals surface area (Å²) in [7, 11) is 1.51. The molecule has 6 nitrogen and oxygen atoms in total. The third kappa shape index (κ3) is 4.47. The van der Waals surface area contributed by atoms with E-state index in [2.05, 4.69) is 10.6 Å². The van der Waals surface area contributed by atoms with Gasteiger partial charge in [0.15, 0.2) is 5.76 Å². The molecule has 0 aliphatic carbocycles. The Morgan fingerprint density at radius 3 is 2.63 bits per heavy atom. The molecular weight excluding hydrogens is 344 g/mol. The van der Waals surface area contributed by atoms with Gasteiger partial charge >= 0.3 is 0 Å². The fourth-order valence-electron chi connectivity index (χ4n) is 2.71. The van der Waals surface area contributed by atoms with Crippen molar-refractivity contribution in [2.75, 3.05) is 17.7 Å². The molecule has 6 heteroatoms. The van der Waals surface area contributed by atoms with E-state index in [1.807, 2.05) is 31.2 Å². The lowest BCUT2D eigenvalue weighted by molar-refractivity contribution is -0.116. The monoisotopic (exact) mass is 366 g/mol. The van der Waals surface area contributed by atoms with Gasteiger partial charge in [-0.05, 0) is 30.7 Å². The summed E-state index contributed by atoms with van der Waals surface area (Å²) in [6.07, 6.45) is 2.28. The van der Waals surface area contributed by atoms with Crippen LogP contribution in [-0.2, 0) is 4.79 Å². The summed E-state index contributed by atoms with van der Waals surface area (Å²) in [5.74, 6) is 0.255. The Kier molecular flexibility index (Phi) is 5.76. The van der Waals surface area contributed by atoms with Gasteiger partial charge in [-0.25, -0.2) is 0 Å². The van der Waals surface area contributed by atoms with E-state index < -0.39 is 0 Å². The van der Waals surface area contributed by atoms with Gasteiger partial charge in [-0.15, -0.1) is 0 Å². The molecule has 0 fully saturated rings. The van der Waals surface area contributed by atoms with E-state index >= 15 is 0 Å². The van der Waals surface area contributed by atoms with Gasteiger partial charge in [0.2, 0.25) is 5.91 Å². The second kappa shape index (κ2) is 8.40. The first kappa shape index (κ1) is 18.5. The molecule has 0 bridgehead atoms. The normalized spacial score (nSPS) is 10.6. The van der Waals surface area contributed by atoms with Gasteiger partial charge in [-0.2, -0.15) is 0 Å². The molecule has 3 rings (SSSR count). The van der Waals surface area contributed by atoms with E-state index in [9.17, 15) is 9.59 Å². The topological polar surface area (TPSA) is 80.6 Å². The molecule has 1 heterocycles. The second-order valence-corrected chi connectivity index (χ2v) is 6.17. The van der Waals surface area contributed by atoms with Crippen molar-refractivity contribution in [1.29, 1.82) is 0 Å². The zero-order valence-corrected chi connectivity index (χ0v) is 15.4. The van der Waals surface area contributed by atoms with Gasteiger partial charge in [-0.1, -0.05) is 31.5 Å². The highest BCUT2D eigenvalue weighted by Gasteiger charge is 2.15. The van der Waals surface area contributed by atoms with Crippen molar-refractivity contribution >= 4 is 34.2 Å². The van der Waals surface area contributed by atoms with Crippen molar-refractivity contribution in [3.05, 3.63) is 54.3 Å². The summed E-state index contributed by atoms with van der Waals surface area (Å²) < 4.78 is 10.9. The smallest absolute Gasteiger partial charge is 0.291 e. The SMILES string of the molecule is CCCCC(=O)Nc1ccc(NC(=O)c2cc3ccccc3o2)c(OC)c1. The molecular formula is C21H22N2O4. The Bertz CT molecular complexity index is 929. The van der Waals surface area contributed by atoms with E-state index in [0.717, 1.165) is 18.2 Å². The number of methoxy groups -OCH3 is 1. The zero-order chi connectivity index (χ0) is 19.2. The minimum atomic E-state index is -0.371. The number of fused-ring (bicyclic) bond motifs is 1. The highest BCUT2D eigenvalue weighted by molar-refractivity contribution is 6.05. The van der Waals surface area contributed by atoms with Crippen LogP contribution in [-0.4, -0.2) is 18.9 Å². The lowest BCUT2D eigenvalue weighted by Gasteiger charge is -2.12. The van der Waals surface area contributed by atoms with Crippen molar-refractivity contribution in [3.63, 3.8) is 0 Å². The predicted octanol–water partition coefficient (Wildman–Crippen LogP) is 4.82. The number of rotatable bonds is 7. The summed E-state index contributed by atoms with van der Waals surface area (Å²) in [5.41, 5.74) is 1.77. The summed E-state index contributed by atoms with van der Waals surface area (Å²) in [4.78, 5) is 24.4. The average molecular weight is 366 g/mol. The number of para-hydroxylation sites is 1. The third-order valence-corrected chi connectivity index (χ3v) is 4.14. The Morgan fingerprint density at radius 2 is 1.89 bits per heavy atom. The predicted molar refractivity (Wildman–Crippen MR) is 105 cm³/mol. The Labute approximate surface area is 157 Å². The molecule has 2 N–H and O–H groups in total. The van der Waals surface area contributed by atoms with Crippen molar-refractivity contribution in [2.24, 2.45) is 0 Å². The van der Waals surface area contributed by atoms with E-state index in [4.69, 9.17) is 9.15 Å². The van der Waals surface area contributed by atoms with Crippen molar-refractivity contribution in [3.8, 4) is 5.75 Å². The number of benzene rings is 2. The minimum absolute atomic E-state index is 0.0436. The summed E-state index contributed by atoms with van der Waals surface area (Å²) in [5, 5.41) is 6.48. The molecule has 2 aromatic carbocycles. The first-order valence-electron chi connectivity index (χ1n) is 8.88. The Hall–Kier alpha value is -3.28. The number of carbonyl (C=O) groups excluding carboxylic acids is 2. The molecule has 0 unspecified atom stereocenters. The largest absolute Gasteiger partial charge is 0.494 e. The minimum Gasteiger partial charge on any atom is -0.494 e. The molecule has 140 valence electrons. The van der Waals surface area contributed by atoms with Crippen LogP contribution in [0, 0.1) is 0 Å². The lowest BCUT2D eigenvalue weighted by Crippen LogP contribution is -2.13. The van der Waals surface area contributed by atoms with Crippen LogP contribution >= 0.6 is 0 Å². The van der Waals surface area contributed by atoms with Gasteiger partial charge in [-0.3, -0.25) is 9.59 Å². The van der Waals surface area contributed by atoms with E-state index in [1.54, 1.807) is 24.3 Å². The molecule has 0 aliphatic heterocycles. The number of amides is 2. The van der Waals surface area contributed by atoms with Crippen molar-refractivity contribution in [2.45, 2.75) is 26.2 Å². The van der Waals surface area contributed by atoms with E-state index in [0.29, 0.717) is 29.1 Å². The average Bonchev–Trinajstić information content (AvgIpc) is 3.12. The molecule has 0 aliphatic rings. The summed E-state index contributed by atoms with van der Waals surface area (Å²) in [6, 6.07) is 14.2. The molecule has 1 aromatic heterocycles. The number of nitrogens with one attached hydrogen (secondary N) is 2. The molecule has 0 atom stereocenters. The molecule has 3 aromatic rings. The van der Waals surface area contributed by atoms with Crippen LogP contribution in [0.3, 0.4) is 0 Å². The quantitative estimate of drug-likeness (QED) is 0.628. The number of hydrogen-bond acceptors (Lipinski definition) is 4. The molecule has 0 saturated carbocycles. The zero-order valence-electron chi connectivity index (χ0n) is 15.4. The van der Waals surface area contributed by atoms with Crippen LogP contribution in [0.1, 0.15) is 36.7 Å². The molecule has 0 spiro atoms. The second-order valence-electron chi connectivity index (χ2n) is 6.17. The molecule has 2 amide bonds. The van der Waals surface area contributed by atoms with Gasteiger partial charge < -0.3 is 19.8 Å². The highest BCUT2D eigenvalue weighted by atomic mass is 16.5. The first-order chi connectivity index (χ1) is 13.1. The van der Waals surface area contributed by atoms with Crippen LogP contribution in [0.15, 0.2) is 52.9 Å². The Morgan fingerprint density at radius 1 is 1.07 bits per heavy atom. The van der Waals surface area contributed by atoms with Crippen LogP contribution in [0.5, 0.6) is 5.75 Å². The van der Waals surface area contributed by atoms with Crippen LogP contribution in [0.25, 0.3) is 11.0 Å². The third-order valence-electron chi connectivity index (χ3n) is 4.14. The number of anilines is 2. The maximum Gasteiger partial charge on any atom is 0.291 e. The molecule has 27 heavy (non-hydrogen) atoms. The fraction of sp³-hybridized carbons (Fsp3) is 0.238. The van der Waals surface area contributed by atoms with Crippen molar-refractivity contribution in [1.82, 2.24) is 0 Å². The van der Waals surface area contributed by atoms with Crippen molar-refractivity contribution < 1.29 is 18.7 Å². The maximum absolute atomic E-state index is 12.5. The molecule has 0 radical (unpaired) electrons. The van der Waals surface area contributed by atoms with Crippen LogP contribution in [0.4, 0.5) is 11.4 Å². The van der Waals surface area contributed by atoms with Gasteiger partial charge in [0, 0.05) is 23.6 Å². The number of ether oxygens (including phenoxy) is 1. The van der Waals surface area contributed by atoms with Crippen LogP contribution in [0.2, 0.25) is 0 Å². The summed E-state index contributed by atoms with van der Waals surface area (Å²) in [6.45, 7) is 2.04. The summed E-state index contributed by atoms with van der Waals surface area (Å²) >= 11 is 0. The first-order valence-corrected chi connectivity index (χ1v) is 8.88. The van der Waals surface area contributed by atoms with E-state index in [-0.39, 0.29) is 17.6 Å².